The van der Waals surface area contributed by atoms with Crippen molar-refractivity contribution in [1.29, 1.82) is 0 Å². The van der Waals surface area contributed by atoms with E-state index in [0.29, 0.717) is 26.2 Å². The first-order valence-corrected chi connectivity index (χ1v) is 7.48. The van der Waals surface area contributed by atoms with E-state index in [0.717, 1.165) is 25.1 Å². The first kappa shape index (κ1) is 14.1. The quantitative estimate of drug-likeness (QED) is 0.647. The molecule has 0 bridgehead atoms. The maximum atomic E-state index is 12.4. The van der Waals surface area contributed by atoms with Gasteiger partial charge < -0.3 is 14.7 Å². The van der Waals surface area contributed by atoms with Gasteiger partial charge in [-0.1, -0.05) is 24.3 Å². The Morgan fingerprint density at radius 1 is 0.857 bits per heavy atom. The van der Waals surface area contributed by atoms with Crippen molar-refractivity contribution in [3.05, 3.63) is 35.4 Å². The molecule has 0 N–H and O–H groups in total. The van der Waals surface area contributed by atoms with Crippen molar-refractivity contribution in [1.82, 2.24) is 14.7 Å². The summed E-state index contributed by atoms with van der Waals surface area (Å²) in [7, 11) is 2.03. The molecule has 2 aliphatic heterocycles. The van der Waals surface area contributed by atoms with Crippen molar-refractivity contribution in [2.45, 2.75) is 13.0 Å². The number of benzene rings is 1. The van der Waals surface area contributed by atoms with Crippen LogP contribution in [0.15, 0.2) is 24.3 Å². The zero-order valence-corrected chi connectivity index (χ0v) is 12.4. The molecule has 0 aromatic heterocycles. The van der Waals surface area contributed by atoms with Gasteiger partial charge in [-0.2, -0.15) is 0 Å². The van der Waals surface area contributed by atoms with Gasteiger partial charge in [-0.15, -0.1) is 0 Å². The lowest BCUT2D eigenvalue weighted by Gasteiger charge is -2.34. The van der Waals surface area contributed by atoms with E-state index in [-0.39, 0.29) is 11.8 Å². The van der Waals surface area contributed by atoms with Crippen molar-refractivity contribution >= 4 is 11.8 Å². The number of amides is 2. The fourth-order valence-electron chi connectivity index (χ4n) is 2.95. The van der Waals surface area contributed by atoms with Gasteiger partial charge in [-0.25, -0.2) is 0 Å². The van der Waals surface area contributed by atoms with Crippen LogP contribution in [-0.2, 0) is 22.6 Å². The van der Waals surface area contributed by atoms with Gasteiger partial charge in [0.05, 0.1) is 0 Å². The van der Waals surface area contributed by atoms with E-state index in [9.17, 15) is 9.59 Å². The molecule has 1 aromatic carbocycles. The molecule has 0 aliphatic carbocycles. The highest BCUT2D eigenvalue weighted by Crippen LogP contribution is 2.19. The highest BCUT2D eigenvalue weighted by Gasteiger charge is 2.30. The zero-order valence-electron chi connectivity index (χ0n) is 12.4. The second kappa shape index (κ2) is 5.85. The van der Waals surface area contributed by atoms with Crippen molar-refractivity contribution in [3.8, 4) is 0 Å². The van der Waals surface area contributed by atoms with E-state index in [1.807, 2.05) is 25.2 Å². The lowest BCUT2D eigenvalue weighted by Crippen LogP contribution is -2.53. The lowest BCUT2D eigenvalue weighted by atomic mass is 10.00. The molecule has 1 saturated heterocycles. The molecule has 2 amide bonds. The Morgan fingerprint density at radius 2 is 1.48 bits per heavy atom. The number of hydrogen-bond acceptors (Lipinski definition) is 3. The van der Waals surface area contributed by atoms with Gasteiger partial charge in [0, 0.05) is 39.3 Å². The third-order valence-corrected chi connectivity index (χ3v) is 4.39. The second-order valence-electron chi connectivity index (χ2n) is 5.84. The molecule has 0 unspecified atom stereocenters. The largest absolute Gasteiger partial charge is 0.332 e. The maximum absolute atomic E-state index is 12.4. The van der Waals surface area contributed by atoms with Crippen LogP contribution in [0.5, 0.6) is 0 Å². The number of fused-ring (bicyclic) bond motifs is 1. The van der Waals surface area contributed by atoms with Crippen LogP contribution in [0, 0.1) is 0 Å². The molecule has 1 aromatic rings. The molecule has 0 saturated carbocycles. The number of carbonyl (C=O) groups excluding carboxylic acids is 2. The average Bonchev–Trinajstić information content (AvgIpc) is 2.54. The summed E-state index contributed by atoms with van der Waals surface area (Å²) in [5.74, 6) is -0.698. The predicted octanol–water partition coefficient (Wildman–Crippen LogP) is 0.345. The Labute approximate surface area is 125 Å². The molecule has 3 rings (SSSR count). The Balaban J connectivity index is 1.65. The molecular formula is C16H21N3O2. The smallest absolute Gasteiger partial charge is 0.312 e. The van der Waals surface area contributed by atoms with Gasteiger partial charge >= 0.3 is 11.8 Å². The number of carbonyl (C=O) groups is 2. The monoisotopic (exact) mass is 287 g/mol. The van der Waals surface area contributed by atoms with E-state index < -0.39 is 0 Å². The normalized spacial score (nSPS) is 19.3. The zero-order chi connectivity index (χ0) is 14.8. The summed E-state index contributed by atoms with van der Waals surface area (Å²) in [4.78, 5) is 30.3. The molecule has 2 heterocycles. The van der Waals surface area contributed by atoms with Gasteiger partial charge in [0.25, 0.3) is 0 Å². The second-order valence-corrected chi connectivity index (χ2v) is 5.84. The third-order valence-electron chi connectivity index (χ3n) is 4.39. The minimum absolute atomic E-state index is 0.345. The number of piperazine rings is 1. The first-order chi connectivity index (χ1) is 10.1. The summed E-state index contributed by atoms with van der Waals surface area (Å²) >= 11 is 0. The van der Waals surface area contributed by atoms with E-state index in [1.165, 1.54) is 5.56 Å². The van der Waals surface area contributed by atoms with Crippen LogP contribution in [0.3, 0.4) is 0 Å². The van der Waals surface area contributed by atoms with Crippen molar-refractivity contribution < 1.29 is 9.59 Å². The molecule has 2 aliphatic rings. The van der Waals surface area contributed by atoms with Crippen LogP contribution in [0.25, 0.3) is 0 Å². The molecule has 5 heteroatoms. The Morgan fingerprint density at radius 3 is 2.19 bits per heavy atom. The van der Waals surface area contributed by atoms with Gasteiger partial charge in [0.1, 0.15) is 0 Å². The Kier molecular flexibility index (Phi) is 3.92. The van der Waals surface area contributed by atoms with Gasteiger partial charge in [0.2, 0.25) is 0 Å². The fourth-order valence-corrected chi connectivity index (χ4v) is 2.95. The molecule has 1 fully saturated rings. The van der Waals surface area contributed by atoms with Crippen LogP contribution in [0.1, 0.15) is 11.1 Å². The van der Waals surface area contributed by atoms with Crippen LogP contribution >= 0.6 is 0 Å². The molecule has 5 nitrogen and oxygen atoms in total. The van der Waals surface area contributed by atoms with E-state index in [1.54, 1.807) is 9.80 Å². The van der Waals surface area contributed by atoms with Crippen LogP contribution < -0.4 is 0 Å². The highest BCUT2D eigenvalue weighted by molar-refractivity contribution is 6.34. The summed E-state index contributed by atoms with van der Waals surface area (Å²) in [5, 5.41) is 0. The minimum Gasteiger partial charge on any atom is -0.332 e. The SMILES string of the molecule is CN1CCN(C(=O)C(=O)N2CCc3ccccc3C2)CC1. The van der Waals surface area contributed by atoms with Crippen molar-refractivity contribution in [3.63, 3.8) is 0 Å². The topological polar surface area (TPSA) is 43.9 Å². The number of rotatable bonds is 0. The van der Waals surface area contributed by atoms with Crippen molar-refractivity contribution in [2.24, 2.45) is 0 Å². The van der Waals surface area contributed by atoms with Gasteiger partial charge in [-0.05, 0) is 24.6 Å². The predicted molar refractivity (Wildman–Crippen MR) is 79.6 cm³/mol. The molecule has 0 atom stereocenters. The average molecular weight is 287 g/mol. The number of nitrogens with zero attached hydrogens (tertiary/aromatic N) is 3. The first-order valence-electron chi connectivity index (χ1n) is 7.48. The van der Waals surface area contributed by atoms with Gasteiger partial charge in [-0.3, -0.25) is 9.59 Å². The summed E-state index contributed by atoms with van der Waals surface area (Å²) < 4.78 is 0. The van der Waals surface area contributed by atoms with Crippen LogP contribution in [0.2, 0.25) is 0 Å². The van der Waals surface area contributed by atoms with E-state index >= 15 is 0 Å². The molecule has 112 valence electrons. The van der Waals surface area contributed by atoms with E-state index in [4.69, 9.17) is 0 Å². The molecule has 21 heavy (non-hydrogen) atoms. The van der Waals surface area contributed by atoms with E-state index in [2.05, 4.69) is 11.0 Å². The summed E-state index contributed by atoms with van der Waals surface area (Å²) in [6.07, 6.45) is 0.831. The number of likely N-dealkylation sites (N-methyl/N-ethyl adjacent to an activating group) is 1. The third kappa shape index (κ3) is 2.93. The Hall–Kier alpha value is -1.88. The van der Waals surface area contributed by atoms with Crippen molar-refractivity contribution in [2.75, 3.05) is 39.8 Å². The lowest BCUT2D eigenvalue weighted by molar-refractivity contribution is -0.153. The molecule has 0 radical (unpaired) electrons. The minimum atomic E-state index is -0.353. The summed E-state index contributed by atoms with van der Waals surface area (Å²) in [5.41, 5.74) is 2.44. The highest BCUT2D eigenvalue weighted by atomic mass is 16.2. The fraction of sp³-hybridized carbons (Fsp3) is 0.500. The number of hydrogen-bond donors (Lipinski definition) is 0. The molecular weight excluding hydrogens is 266 g/mol. The Bertz CT molecular complexity index is 550. The summed E-state index contributed by atoms with van der Waals surface area (Å²) in [6, 6.07) is 8.13. The standard InChI is InChI=1S/C16H21N3O2/c1-17-8-10-18(11-9-17)15(20)16(21)19-7-6-13-4-2-3-5-14(13)12-19/h2-5H,6-12H2,1H3. The summed E-state index contributed by atoms with van der Waals surface area (Å²) in [6.45, 7) is 4.14. The van der Waals surface area contributed by atoms with Crippen LogP contribution in [0.4, 0.5) is 0 Å². The van der Waals surface area contributed by atoms with Gasteiger partial charge in [0.15, 0.2) is 0 Å². The maximum Gasteiger partial charge on any atom is 0.312 e. The van der Waals surface area contributed by atoms with Crippen LogP contribution in [-0.4, -0.2) is 66.3 Å². The molecule has 0 spiro atoms.